The van der Waals surface area contributed by atoms with E-state index in [-0.39, 0.29) is 0 Å². The lowest BCUT2D eigenvalue weighted by molar-refractivity contribution is 0.112. The second kappa shape index (κ2) is 3.57. The smallest absolute Gasteiger partial charge is 0.161 e. The van der Waals surface area contributed by atoms with Gasteiger partial charge in [0.1, 0.15) is 5.01 Å². The molecule has 0 aromatic carbocycles. The third-order valence-corrected chi connectivity index (χ3v) is 3.75. The van der Waals surface area contributed by atoms with Crippen molar-refractivity contribution in [1.29, 1.82) is 0 Å². The van der Waals surface area contributed by atoms with Gasteiger partial charge in [0.05, 0.1) is 14.1 Å². The maximum atomic E-state index is 10.4. The number of hydrogen-bond donors (Lipinski definition) is 0. The minimum atomic E-state index is 0.638. The third kappa shape index (κ3) is 1.80. The molecule has 13 heavy (non-hydrogen) atoms. The lowest BCUT2D eigenvalue weighted by Crippen LogP contribution is -1.64. The summed E-state index contributed by atoms with van der Waals surface area (Å²) < 4.78 is 0.734. The number of thiophene rings is 1. The van der Waals surface area contributed by atoms with Crippen LogP contribution in [0.1, 0.15) is 9.67 Å². The zero-order valence-corrected chi connectivity index (χ0v) is 8.75. The second-order valence-electron chi connectivity index (χ2n) is 2.29. The molecule has 0 aliphatic rings. The Balaban J connectivity index is 2.40. The van der Waals surface area contributed by atoms with E-state index in [0.717, 1.165) is 20.5 Å². The molecule has 2 nitrogen and oxygen atoms in total. The van der Waals surface area contributed by atoms with Crippen LogP contribution in [0.25, 0.3) is 9.88 Å². The van der Waals surface area contributed by atoms with E-state index >= 15 is 0 Å². The zero-order valence-electron chi connectivity index (χ0n) is 6.36. The molecule has 0 N–H and O–H groups in total. The second-order valence-corrected chi connectivity index (χ2v) is 5.07. The van der Waals surface area contributed by atoms with Crippen molar-refractivity contribution < 1.29 is 4.79 Å². The predicted molar refractivity (Wildman–Crippen MR) is 55.8 cm³/mol. The van der Waals surface area contributed by atoms with Crippen molar-refractivity contribution in [2.24, 2.45) is 0 Å². The van der Waals surface area contributed by atoms with Crippen LogP contribution in [0.2, 0.25) is 4.34 Å². The molecule has 0 spiro atoms. The molecule has 0 aliphatic carbocycles. The Bertz CT molecular complexity index is 435. The highest BCUT2D eigenvalue weighted by Crippen LogP contribution is 2.32. The molecule has 2 rings (SSSR count). The Kier molecular flexibility index (Phi) is 2.44. The fourth-order valence-corrected chi connectivity index (χ4v) is 2.72. The molecule has 5 heteroatoms. The topological polar surface area (TPSA) is 30.0 Å². The molecule has 2 heterocycles. The van der Waals surface area contributed by atoms with Crippen LogP contribution in [0, 0.1) is 0 Å². The molecule has 0 radical (unpaired) electrons. The van der Waals surface area contributed by atoms with Gasteiger partial charge >= 0.3 is 0 Å². The van der Waals surface area contributed by atoms with Crippen LogP contribution < -0.4 is 0 Å². The number of aldehydes is 1. The molecule has 0 saturated heterocycles. The molecule has 0 bridgehead atoms. The SMILES string of the molecule is O=Cc1cnc(-c2ccc(Cl)s2)s1. The van der Waals surface area contributed by atoms with Crippen molar-refractivity contribution >= 4 is 40.6 Å². The first-order chi connectivity index (χ1) is 6.29. The van der Waals surface area contributed by atoms with Crippen LogP contribution >= 0.6 is 34.3 Å². The quantitative estimate of drug-likeness (QED) is 0.740. The summed E-state index contributed by atoms with van der Waals surface area (Å²) in [4.78, 5) is 16.2. The van der Waals surface area contributed by atoms with E-state index in [1.807, 2.05) is 12.1 Å². The lowest BCUT2D eigenvalue weighted by Gasteiger charge is -1.84. The van der Waals surface area contributed by atoms with E-state index in [4.69, 9.17) is 11.6 Å². The van der Waals surface area contributed by atoms with Gasteiger partial charge in [0, 0.05) is 6.20 Å². The van der Waals surface area contributed by atoms with E-state index < -0.39 is 0 Å². The Morgan fingerprint density at radius 3 is 2.77 bits per heavy atom. The molecule has 0 unspecified atom stereocenters. The number of aromatic nitrogens is 1. The van der Waals surface area contributed by atoms with Crippen LogP contribution in [0.4, 0.5) is 0 Å². The number of halogens is 1. The first kappa shape index (κ1) is 8.87. The number of hydrogen-bond acceptors (Lipinski definition) is 4. The Morgan fingerprint density at radius 1 is 1.38 bits per heavy atom. The fraction of sp³-hybridized carbons (Fsp3) is 0. The minimum Gasteiger partial charge on any atom is -0.297 e. The maximum Gasteiger partial charge on any atom is 0.161 e. The molecule has 0 aliphatic heterocycles. The zero-order chi connectivity index (χ0) is 9.26. The van der Waals surface area contributed by atoms with Gasteiger partial charge < -0.3 is 0 Å². The van der Waals surface area contributed by atoms with Crippen LogP contribution in [0.5, 0.6) is 0 Å². The van der Waals surface area contributed by atoms with E-state index in [1.165, 1.54) is 22.7 Å². The van der Waals surface area contributed by atoms with Crippen LogP contribution in [0.3, 0.4) is 0 Å². The molecule has 66 valence electrons. The highest BCUT2D eigenvalue weighted by molar-refractivity contribution is 7.24. The minimum absolute atomic E-state index is 0.638. The van der Waals surface area contributed by atoms with Gasteiger partial charge in [-0.2, -0.15) is 0 Å². The van der Waals surface area contributed by atoms with Gasteiger partial charge in [0.15, 0.2) is 6.29 Å². The number of rotatable bonds is 2. The third-order valence-electron chi connectivity index (χ3n) is 1.42. The largest absolute Gasteiger partial charge is 0.297 e. The average molecular weight is 230 g/mol. The normalized spacial score (nSPS) is 10.2. The summed E-state index contributed by atoms with van der Waals surface area (Å²) >= 11 is 8.61. The van der Waals surface area contributed by atoms with Crippen LogP contribution in [0.15, 0.2) is 18.3 Å². The number of thiazole rings is 1. The summed E-state index contributed by atoms with van der Waals surface area (Å²) in [5.74, 6) is 0. The summed E-state index contributed by atoms with van der Waals surface area (Å²) in [5.41, 5.74) is 0. The Hall–Kier alpha value is -0.710. The van der Waals surface area contributed by atoms with Gasteiger partial charge in [-0.3, -0.25) is 4.79 Å². The van der Waals surface area contributed by atoms with E-state index in [0.29, 0.717) is 4.88 Å². The van der Waals surface area contributed by atoms with Crippen LogP contribution in [-0.4, -0.2) is 11.3 Å². The van der Waals surface area contributed by atoms with Crippen LogP contribution in [-0.2, 0) is 0 Å². The van der Waals surface area contributed by atoms with Gasteiger partial charge in [-0.1, -0.05) is 11.6 Å². The van der Waals surface area contributed by atoms with Crippen molar-refractivity contribution in [1.82, 2.24) is 4.98 Å². The molecule has 0 saturated carbocycles. The number of nitrogens with zero attached hydrogens (tertiary/aromatic N) is 1. The van der Waals surface area contributed by atoms with Crippen molar-refractivity contribution in [2.75, 3.05) is 0 Å². The molecule has 0 amide bonds. The van der Waals surface area contributed by atoms with E-state index in [9.17, 15) is 4.79 Å². The molecule has 0 fully saturated rings. The Morgan fingerprint density at radius 2 is 2.23 bits per heavy atom. The van der Waals surface area contributed by atoms with Crippen molar-refractivity contribution in [3.8, 4) is 9.88 Å². The van der Waals surface area contributed by atoms with Gasteiger partial charge in [0.2, 0.25) is 0 Å². The maximum absolute atomic E-state index is 10.4. The summed E-state index contributed by atoms with van der Waals surface area (Å²) in [6.07, 6.45) is 2.37. The predicted octanol–water partition coefficient (Wildman–Crippen LogP) is 3.34. The van der Waals surface area contributed by atoms with Crippen molar-refractivity contribution in [2.45, 2.75) is 0 Å². The van der Waals surface area contributed by atoms with Crippen molar-refractivity contribution in [3.63, 3.8) is 0 Å². The molecular formula is C8H4ClNOS2. The summed E-state index contributed by atoms with van der Waals surface area (Å²) in [7, 11) is 0. The highest BCUT2D eigenvalue weighted by atomic mass is 35.5. The van der Waals surface area contributed by atoms with Gasteiger partial charge in [-0.15, -0.1) is 22.7 Å². The van der Waals surface area contributed by atoms with Gasteiger partial charge in [-0.05, 0) is 12.1 Å². The van der Waals surface area contributed by atoms with Gasteiger partial charge in [-0.25, -0.2) is 4.98 Å². The summed E-state index contributed by atoms with van der Waals surface area (Å²) in [6, 6.07) is 3.73. The first-order valence-corrected chi connectivity index (χ1v) is 5.47. The van der Waals surface area contributed by atoms with Gasteiger partial charge in [0.25, 0.3) is 0 Å². The lowest BCUT2D eigenvalue weighted by atomic mass is 10.5. The highest BCUT2D eigenvalue weighted by Gasteiger charge is 2.06. The first-order valence-electron chi connectivity index (χ1n) is 3.46. The summed E-state index contributed by atoms with van der Waals surface area (Å²) in [6.45, 7) is 0. The van der Waals surface area contributed by atoms with Crippen molar-refractivity contribution in [3.05, 3.63) is 27.5 Å². The molecule has 2 aromatic heterocycles. The average Bonchev–Trinajstić information content (AvgIpc) is 2.71. The van der Waals surface area contributed by atoms with E-state index in [1.54, 1.807) is 6.20 Å². The fourth-order valence-electron chi connectivity index (χ4n) is 0.884. The monoisotopic (exact) mass is 229 g/mol. The standard InChI is InChI=1S/C8H4ClNOS2/c9-7-2-1-6(13-7)8-10-3-5(4-11)12-8/h1-4H. The number of carbonyl (C=O) groups is 1. The summed E-state index contributed by atoms with van der Waals surface area (Å²) in [5, 5.41) is 0.846. The Labute approximate surface area is 87.8 Å². The number of carbonyl (C=O) groups excluding carboxylic acids is 1. The van der Waals surface area contributed by atoms with E-state index in [2.05, 4.69) is 4.98 Å². The molecule has 0 atom stereocenters. The molecule has 2 aromatic rings. The molecular weight excluding hydrogens is 226 g/mol.